The lowest BCUT2D eigenvalue weighted by molar-refractivity contribution is -0.130. The van der Waals surface area contributed by atoms with Gasteiger partial charge in [-0.15, -0.1) is 0 Å². The van der Waals surface area contributed by atoms with E-state index < -0.39 is 0 Å². The third-order valence-corrected chi connectivity index (χ3v) is 5.76. The summed E-state index contributed by atoms with van der Waals surface area (Å²) in [5.41, 5.74) is 2.08. The van der Waals surface area contributed by atoms with Gasteiger partial charge >= 0.3 is 0 Å². The molecule has 2 bridgehead atoms. The summed E-state index contributed by atoms with van der Waals surface area (Å²) in [4.78, 5) is 0. The summed E-state index contributed by atoms with van der Waals surface area (Å²) in [5, 5.41) is 0. The second-order valence-electron chi connectivity index (χ2n) is 6.96. The van der Waals surface area contributed by atoms with Crippen molar-refractivity contribution in [2.24, 2.45) is 11.3 Å². The van der Waals surface area contributed by atoms with Crippen LogP contribution in [0.3, 0.4) is 0 Å². The van der Waals surface area contributed by atoms with Crippen LogP contribution in [-0.2, 0) is 4.74 Å². The molecule has 0 N–H and O–H groups in total. The van der Waals surface area contributed by atoms with Crippen LogP contribution in [-0.4, -0.2) is 11.2 Å². The predicted molar refractivity (Wildman–Crippen MR) is 66.3 cm³/mol. The molecule has 3 atom stereocenters. The summed E-state index contributed by atoms with van der Waals surface area (Å²) in [5.74, 6) is 0.766. The highest BCUT2D eigenvalue weighted by Gasteiger charge is 2.63. The van der Waals surface area contributed by atoms with Gasteiger partial charge in [-0.25, -0.2) is 0 Å². The van der Waals surface area contributed by atoms with Crippen molar-refractivity contribution < 1.29 is 4.74 Å². The Morgan fingerprint density at radius 1 is 1.25 bits per heavy atom. The first kappa shape index (κ1) is 10.8. The number of hydrogen-bond acceptors (Lipinski definition) is 1. The van der Waals surface area contributed by atoms with Gasteiger partial charge in [0.05, 0.1) is 11.2 Å². The van der Waals surface area contributed by atoms with Crippen LogP contribution in [0.1, 0.15) is 59.8 Å². The van der Waals surface area contributed by atoms with E-state index in [4.69, 9.17) is 4.74 Å². The Balaban J connectivity index is 2.11. The van der Waals surface area contributed by atoms with Crippen molar-refractivity contribution in [1.82, 2.24) is 0 Å². The molecule has 0 aromatic rings. The van der Waals surface area contributed by atoms with E-state index in [2.05, 4.69) is 33.8 Å². The van der Waals surface area contributed by atoms with E-state index in [9.17, 15) is 0 Å². The first-order chi connectivity index (χ1) is 7.40. The Morgan fingerprint density at radius 3 is 2.75 bits per heavy atom. The van der Waals surface area contributed by atoms with E-state index in [0.717, 1.165) is 5.92 Å². The monoisotopic (exact) mass is 220 g/mol. The quantitative estimate of drug-likeness (QED) is 0.559. The number of ether oxygens (including phenoxy) is 1. The lowest BCUT2D eigenvalue weighted by atomic mass is 9.56. The molecule has 1 heteroatoms. The van der Waals surface area contributed by atoms with Crippen LogP contribution < -0.4 is 0 Å². The van der Waals surface area contributed by atoms with Crippen molar-refractivity contribution in [1.29, 1.82) is 0 Å². The molecule has 1 saturated carbocycles. The minimum Gasteiger partial charge on any atom is -0.364 e. The van der Waals surface area contributed by atoms with Gasteiger partial charge in [-0.2, -0.15) is 0 Å². The lowest BCUT2D eigenvalue weighted by Gasteiger charge is -2.51. The van der Waals surface area contributed by atoms with Gasteiger partial charge in [0.2, 0.25) is 0 Å². The summed E-state index contributed by atoms with van der Waals surface area (Å²) in [6.07, 6.45) is 8.96. The summed E-state index contributed by atoms with van der Waals surface area (Å²) in [6.45, 7) is 9.34. The molecule has 90 valence electrons. The van der Waals surface area contributed by atoms with Gasteiger partial charge in [-0.05, 0) is 64.4 Å². The SMILES string of the molecule is CC1=CCC[C@@]2(C)CCC3CC12OC3(C)C. The largest absolute Gasteiger partial charge is 0.364 e. The van der Waals surface area contributed by atoms with Crippen LogP contribution in [0.4, 0.5) is 0 Å². The number of fused-ring (bicyclic) bond motifs is 1. The molecule has 3 aliphatic rings. The number of hydrogen-bond donors (Lipinski definition) is 0. The second-order valence-corrected chi connectivity index (χ2v) is 6.96. The highest BCUT2D eigenvalue weighted by molar-refractivity contribution is 5.29. The Morgan fingerprint density at radius 2 is 2.00 bits per heavy atom. The van der Waals surface area contributed by atoms with E-state index in [1.165, 1.54) is 37.7 Å². The molecule has 1 aliphatic heterocycles. The van der Waals surface area contributed by atoms with E-state index >= 15 is 0 Å². The molecule has 1 heterocycles. The van der Waals surface area contributed by atoms with Gasteiger partial charge < -0.3 is 4.74 Å². The smallest absolute Gasteiger partial charge is 0.0953 e. The molecule has 0 amide bonds. The first-order valence-corrected chi connectivity index (χ1v) is 6.77. The summed E-state index contributed by atoms with van der Waals surface area (Å²) >= 11 is 0. The van der Waals surface area contributed by atoms with Crippen molar-refractivity contribution >= 4 is 0 Å². The summed E-state index contributed by atoms with van der Waals surface area (Å²) in [6, 6.07) is 0. The number of rotatable bonds is 0. The van der Waals surface area contributed by atoms with Gasteiger partial charge in [0, 0.05) is 5.41 Å². The van der Waals surface area contributed by atoms with Crippen molar-refractivity contribution in [3.8, 4) is 0 Å². The molecule has 0 radical (unpaired) electrons. The fraction of sp³-hybridized carbons (Fsp3) is 0.867. The number of allylic oxidation sites excluding steroid dienone is 1. The molecular formula is C15H24O. The maximum absolute atomic E-state index is 6.61. The van der Waals surface area contributed by atoms with Gasteiger partial charge in [0.25, 0.3) is 0 Å². The standard InChI is InChI=1S/C15H24O/c1-11-6-5-8-14(4)9-7-12-10-15(11,14)16-13(12,2)3/h6,12H,5,7-10H2,1-4H3/t12?,14-,15?/m0/s1. The predicted octanol–water partition coefficient (Wildman–Crippen LogP) is 4.08. The van der Waals surface area contributed by atoms with E-state index in [-0.39, 0.29) is 11.2 Å². The van der Waals surface area contributed by atoms with Gasteiger partial charge in [-0.1, -0.05) is 13.0 Å². The minimum atomic E-state index is 0.0810. The molecular weight excluding hydrogens is 196 g/mol. The molecule has 2 aliphatic carbocycles. The highest BCUT2D eigenvalue weighted by Crippen LogP contribution is 2.64. The molecule has 1 saturated heterocycles. The van der Waals surface area contributed by atoms with Crippen molar-refractivity contribution in [2.75, 3.05) is 0 Å². The molecule has 1 spiro atoms. The van der Waals surface area contributed by atoms with Crippen LogP contribution in [0.25, 0.3) is 0 Å². The highest BCUT2D eigenvalue weighted by atomic mass is 16.5. The normalized spacial score (nSPS) is 49.8. The molecule has 3 rings (SSSR count). The zero-order valence-corrected chi connectivity index (χ0v) is 11.1. The van der Waals surface area contributed by atoms with Gasteiger partial charge in [0.1, 0.15) is 0 Å². The topological polar surface area (TPSA) is 9.23 Å². The summed E-state index contributed by atoms with van der Waals surface area (Å²) in [7, 11) is 0. The fourth-order valence-corrected chi connectivity index (χ4v) is 4.50. The van der Waals surface area contributed by atoms with Crippen molar-refractivity contribution in [3.63, 3.8) is 0 Å². The van der Waals surface area contributed by atoms with Crippen LogP contribution in [0, 0.1) is 11.3 Å². The van der Waals surface area contributed by atoms with E-state index in [0.29, 0.717) is 5.41 Å². The zero-order valence-electron chi connectivity index (χ0n) is 11.1. The van der Waals surface area contributed by atoms with E-state index in [1.54, 1.807) is 0 Å². The Bertz CT molecular complexity index is 354. The molecule has 16 heavy (non-hydrogen) atoms. The van der Waals surface area contributed by atoms with Crippen LogP contribution in [0.2, 0.25) is 0 Å². The third-order valence-electron chi connectivity index (χ3n) is 5.76. The first-order valence-electron chi connectivity index (χ1n) is 6.77. The minimum absolute atomic E-state index is 0.0810. The molecule has 0 aromatic heterocycles. The van der Waals surface area contributed by atoms with Gasteiger partial charge in [0.15, 0.2) is 0 Å². The van der Waals surface area contributed by atoms with E-state index in [1.807, 2.05) is 0 Å². The Labute approximate surface area is 99.3 Å². The third kappa shape index (κ3) is 1.11. The maximum Gasteiger partial charge on any atom is 0.0953 e. The van der Waals surface area contributed by atoms with Crippen LogP contribution >= 0.6 is 0 Å². The van der Waals surface area contributed by atoms with Crippen LogP contribution in [0.15, 0.2) is 11.6 Å². The fourth-order valence-electron chi connectivity index (χ4n) is 4.50. The Hall–Kier alpha value is -0.300. The second kappa shape index (κ2) is 2.93. The average molecular weight is 220 g/mol. The molecule has 2 unspecified atom stereocenters. The molecule has 2 fully saturated rings. The summed E-state index contributed by atoms with van der Waals surface area (Å²) < 4.78 is 6.61. The van der Waals surface area contributed by atoms with Crippen LogP contribution in [0.5, 0.6) is 0 Å². The molecule has 0 aromatic carbocycles. The van der Waals surface area contributed by atoms with Crippen molar-refractivity contribution in [2.45, 2.75) is 71.0 Å². The lowest BCUT2D eigenvalue weighted by Crippen LogP contribution is -2.51. The van der Waals surface area contributed by atoms with Gasteiger partial charge in [-0.3, -0.25) is 0 Å². The van der Waals surface area contributed by atoms with Crippen molar-refractivity contribution in [3.05, 3.63) is 11.6 Å². The Kier molecular flexibility index (Phi) is 1.98. The average Bonchev–Trinajstić information content (AvgIpc) is 2.42. The maximum atomic E-state index is 6.61. The zero-order chi connectivity index (χ0) is 11.6. The molecule has 1 nitrogen and oxygen atoms in total.